The standard InChI is InChI=1S/C21H25NO2S/c1-4-21(17-16-18(2)3)25(23,24)22(20-14-10-7-11-15-20)19-12-8-5-6-9-13-19/h4-12,14-18H,13H2,1-3H3/b17-16-,21-4+. The van der Waals surface area contributed by atoms with Gasteiger partial charge in [0.05, 0.1) is 10.6 Å². The SMILES string of the molecule is C/C=C(\C=C/C(C)C)S(=O)(=O)N(C1=CC=CC=CC1)c1ccccc1. The molecule has 132 valence electrons. The summed E-state index contributed by atoms with van der Waals surface area (Å²) in [6, 6.07) is 9.21. The summed E-state index contributed by atoms with van der Waals surface area (Å²) in [7, 11) is -3.71. The summed E-state index contributed by atoms with van der Waals surface area (Å²) in [4.78, 5) is 0.295. The van der Waals surface area contributed by atoms with Gasteiger partial charge in [-0.1, -0.05) is 68.5 Å². The summed E-state index contributed by atoms with van der Waals surface area (Å²) in [5.74, 6) is 0.276. The highest BCUT2D eigenvalue weighted by Gasteiger charge is 2.28. The van der Waals surface area contributed by atoms with E-state index in [4.69, 9.17) is 0 Å². The van der Waals surface area contributed by atoms with E-state index in [9.17, 15) is 8.42 Å². The molecule has 1 aliphatic rings. The number of anilines is 1. The van der Waals surface area contributed by atoms with Crippen LogP contribution in [0.25, 0.3) is 0 Å². The molecule has 1 aliphatic carbocycles. The quantitative estimate of drug-likeness (QED) is 0.646. The van der Waals surface area contributed by atoms with Crippen LogP contribution in [0.3, 0.4) is 0 Å². The maximum absolute atomic E-state index is 13.4. The maximum atomic E-state index is 13.4. The van der Waals surface area contributed by atoms with Crippen molar-refractivity contribution in [1.82, 2.24) is 0 Å². The molecule has 0 bridgehead atoms. The largest absolute Gasteiger partial charge is 0.268 e. The Balaban J connectivity index is 2.56. The van der Waals surface area contributed by atoms with Crippen molar-refractivity contribution >= 4 is 15.7 Å². The summed E-state index contributed by atoms with van der Waals surface area (Å²) in [5, 5.41) is 0. The van der Waals surface area contributed by atoms with Gasteiger partial charge in [-0.3, -0.25) is 0 Å². The average Bonchev–Trinajstić information content (AvgIpc) is 2.85. The predicted molar refractivity (Wildman–Crippen MR) is 107 cm³/mol. The Bertz CT molecular complexity index is 826. The summed E-state index contributed by atoms with van der Waals surface area (Å²) < 4.78 is 28.2. The third-order valence-corrected chi connectivity index (χ3v) is 5.59. The molecule has 0 spiro atoms. The number of hydrogen-bond acceptors (Lipinski definition) is 2. The summed E-state index contributed by atoms with van der Waals surface area (Å²) in [6.45, 7) is 5.80. The van der Waals surface area contributed by atoms with E-state index < -0.39 is 10.0 Å². The number of hydrogen-bond donors (Lipinski definition) is 0. The molecular formula is C21H25NO2S. The summed E-state index contributed by atoms with van der Waals surface area (Å²) >= 11 is 0. The first-order valence-corrected chi connectivity index (χ1v) is 9.88. The molecule has 0 N–H and O–H groups in total. The molecule has 1 aromatic rings. The molecule has 25 heavy (non-hydrogen) atoms. The van der Waals surface area contributed by atoms with E-state index in [1.807, 2.05) is 80.6 Å². The Morgan fingerprint density at radius 2 is 1.84 bits per heavy atom. The molecule has 0 aromatic heterocycles. The molecule has 0 heterocycles. The van der Waals surface area contributed by atoms with Crippen LogP contribution in [0, 0.1) is 5.92 Å². The Labute approximate surface area is 151 Å². The third kappa shape index (κ3) is 4.83. The van der Waals surface area contributed by atoms with E-state index in [1.54, 1.807) is 19.1 Å². The lowest BCUT2D eigenvalue weighted by atomic mass is 10.2. The Morgan fingerprint density at radius 1 is 1.12 bits per heavy atom. The lowest BCUT2D eigenvalue weighted by Gasteiger charge is -2.27. The zero-order valence-corrected chi connectivity index (χ0v) is 15.8. The molecule has 4 heteroatoms. The predicted octanol–water partition coefficient (Wildman–Crippen LogP) is 5.34. The Kier molecular flexibility index (Phi) is 6.59. The molecule has 0 fully saturated rings. The molecule has 3 nitrogen and oxygen atoms in total. The van der Waals surface area contributed by atoms with Gasteiger partial charge in [0, 0.05) is 12.1 Å². The lowest BCUT2D eigenvalue weighted by Crippen LogP contribution is -2.31. The van der Waals surface area contributed by atoms with Crippen LogP contribution < -0.4 is 4.31 Å². The third-order valence-electron chi connectivity index (χ3n) is 3.69. The van der Waals surface area contributed by atoms with Gasteiger partial charge in [-0.2, -0.15) is 0 Å². The van der Waals surface area contributed by atoms with Gasteiger partial charge in [0.15, 0.2) is 0 Å². The van der Waals surface area contributed by atoms with Crippen LogP contribution >= 0.6 is 0 Å². The van der Waals surface area contributed by atoms with Gasteiger partial charge in [-0.25, -0.2) is 12.7 Å². The van der Waals surface area contributed by atoms with Crippen molar-refractivity contribution in [2.75, 3.05) is 4.31 Å². The summed E-state index contributed by atoms with van der Waals surface area (Å²) in [6.07, 6.45) is 15.3. The van der Waals surface area contributed by atoms with Gasteiger partial charge in [-0.05, 0) is 37.1 Å². The van der Waals surface area contributed by atoms with Crippen molar-refractivity contribution in [1.29, 1.82) is 0 Å². The molecule has 0 atom stereocenters. The van der Waals surface area contributed by atoms with E-state index in [2.05, 4.69) is 0 Å². The lowest BCUT2D eigenvalue weighted by molar-refractivity contribution is 0.601. The van der Waals surface area contributed by atoms with E-state index in [-0.39, 0.29) is 5.92 Å². The molecular weight excluding hydrogens is 330 g/mol. The minimum Gasteiger partial charge on any atom is -0.238 e. The van der Waals surface area contributed by atoms with E-state index in [0.29, 0.717) is 22.7 Å². The van der Waals surface area contributed by atoms with Gasteiger partial charge in [0.2, 0.25) is 0 Å². The smallest absolute Gasteiger partial charge is 0.238 e. The van der Waals surface area contributed by atoms with Crippen molar-refractivity contribution < 1.29 is 8.42 Å². The molecule has 2 rings (SSSR count). The Hall–Kier alpha value is -2.33. The van der Waals surface area contributed by atoms with Crippen molar-refractivity contribution in [3.8, 4) is 0 Å². The number of allylic oxidation sites excluding steroid dienone is 8. The fourth-order valence-electron chi connectivity index (χ4n) is 2.46. The normalized spacial score (nSPS) is 15.5. The Morgan fingerprint density at radius 3 is 2.48 bits per heavy atom. The number of nitrogens with zero attached hydrogens (tertiary/aromatic N) is 1. The van der Waals surface area contributed by atoms with Gasteiger partial charge in [0.1, 0.15) is 0 Å². The van der Waals surface area contributed by atoms with Crippen LogP contribution in [-0.4, -0.2) is 8.42 Å². The fraction of sp³-hybridized carbons (Fsp3) is 0.238. The van der Waals surface area contributed by atoms with E-state index in [0.717, 1.165) is 0 Å². The first-order valence-electron chi connectivity index (χ1n) is 8.44. The minimum atomic E-state index is -3.71. The second kappa shape index (κ2) is 8.67. The van der Waals surface area contributed by atoms with Crippen LogP contribution in [0.15, 0.2) is 89.5 Å². The highest BCUT2D eigenvalue weighted by Crippen LogP contribution is 2.30. The average molecular weight is 356 g/mol. The van der Waals surface area contributed by atoms with Crippen molar-refractivity contribution in [2.24, 2.45) is 5.92 Å². The first kappa shape index (κ1) is 19.0. The highest BCUT2D eigenvalue weighted by atomic mass is 32.2. The molecule has 0 saturated carbocycles. The van der Waals surface area contributed by atoms with E-state index >= 15 is 0 Å². The minimum absolute atomic E-state index is 0.276. The van der Waals surface area contributed by atoms with Gasteiger partial charge >= 0.3 is 0 Å². The number of sulfonamides is 1. The number of rotatable bonds is 6. The van der Waals surface area contributed by atoms with Crippen molar-refractivity contribution in [2.45, 2.75) is 27.2 Å². The van der Waals surface area contributed by atoms with Crippen molar-refractivity contribution in [3.05, 3.63) is 89.5 Å². The van der Waals surface area contributed by atoms with Crippen molar-refractivity contribution in [3.63, 3.8) is 0 Å². The van der Waals surface area contributed by atoms with Crippen LogP contribution in [0.5, 0.6) is 0 Å². The number of para-hydroxylation sites is 1. The van der Waals surface area contributed by atoms with E-state index in [1.165, 1.54) is 4.31 Å². The van der Waals surface area contributed by atoms with Gasteiger partial charge < -0.3 is 0 Å². The zero-order chi connectivity index (χ0) is 18.3. The number of benzene rings is 1. The molecule has 0 saturated heterocycles. The molecule has 0 amide bonds. The maximum Gasteiger partial charge on any atom is 0.268 e. The van der Waals surface area contributed by atoms with Gasteiger partial charge in [-0.15, -0.1) is 0 Å². The van der Waals surface area contributed by atoms with Gasteiger partial charge in [0.25, 0.3) is 10.0 Å². The molecule has 0 radical (unpaired) electrons. The molecule has 0 aliphatic heterocycles. The zero-order valence-electron chi connectivity index (χ0n) is 15.0. The van der Waals surface area contributed by atoms with Crippen LogP contribution in [-0.2, 0) is 10.0 Å². The summed E-state index contributed by atoms with van der Waals surface area (Å²) in [5.41, 5.74) is 1.35. The molecule has 0 unspecified atom stereocenters. The second-order valence-corrected chi connectivity index (χ2v) is 7.86. The van der Waals surface area contributed by atoms with Crippen LogP contribution in [0.2, 0.25) is 0 Å². The monoisotopic (exact) mass is 355 g/mol. The molecule has 1 aromatic carbocycles. The second-order valence-electron chi connectivity index (χ2n) is 6.07. The first-order chi connectivity index (χ1) is 12.0. The van der Waals surface area contributed by atoms with Crippen LogP contribution in [0.1, 0.15) is 27.2 Å². The fourth-order valence-corrected chi connectivity index (χ4v) is 4.07. The highest BCUT2D eigenvalue weighted by molar-refractivity contribution is 7.97. The van der Waals surface area contributed by atoms with Crippen LogP contribution in [0.4, 0.5) is 5.69 Å². The topological polar surface area (TPSA) is 37.4 Å².